The minimum atomic E-state index is -3.87. The van der Waals surface area contributed by atoms with Crippen LogP contribution in [0, 0.1) is 17.4 Å². The lowest BCUT2D eigenvalue weighted by Crippen LogP contribution is -2.70. The van der Waals surface area contributed by atoms with Crippen molar-refractivity contribution >= 4 is 40.3 Å². The second-order valence-corrected chi connectivity index (χ2v) is 28.3. The van der Waals surface area contributed by atoms with Crippen LogP contribution in [-0.2, 0) is 32.5 Å². The third kappa shape index (κ3) is 7.66. The normalized spacial score (nSPS) is 27.4. The molecule has 1 saturated heterocycles. The van der Waals surface area contributed by atoms with Crippen molar-refractivity contribution in [3.05, 3.63) is 108 Å². The van der Waals surface area contributed by atoms with Crippen molar-refractivity contribution < 1.29 is 42.4 Å². The van der Waals surface area contributed by atoms with Crippen LogP contribution in [0.2, 0.25) is 37.8 Å². The van der Waals surface area contributed by atoms with E-state index in [1.165, 1.54) is 0 Å². The Balaban J connectivity index is 1.63. The standard InChI is InChI=1S/C41H51O9PSi2/c1-40(2,3)53(8,9)50-37-34(45-4)33-32(36(41(37,43)25-26-52(5,6)7)48-38(42)28-19-13-10-14-20-28)31-27-46-39(47-31)35(33)49-51(44,29-21-15-11-16-22-29)30-23-17-12-18-24-30/h10-24,31-32,34,36-37,39,43H,27H2,1-9H3/t31-,32-,34+,36-,37-,39-,41-/m1/s1. The number of hydrogen-bond acceptors (Lipinski definition) is 9. The summed E-state index contributed by atoms with van der Waals surface area (Å²) >= 11 is 0. The molecule has 1 N–H and O–H groups in total. The second-order valence-electron chi connectivity index (χ2n) is 16.5. The number of esters is 1. The summed E-state index contributed by atoms with van der Waals surface area (Å²) in [7, 11) is -7.18. The lowest BCUT2D eigenvalue weighted by molar-refractivity contribution is -0.197. The van der Waals surface area contributed by atoms with Crippen LogP contribution in [0.15, 0.2) is 102 Å². The molecule has 3 aromatic carbocycles. The van der Waals surface area contributed by atoms with Crippen molar-refractivity contribution in [1.82, 2.24) is 0 Å². The van der Waals surface area contributed by atoms with Crippen molar-refractivity contribution in [2.24, 2.45) is 5.92 Å². The minimum absolute atomic E-state index is 0.0910. The zero-order valence-corrected chi connectivity index (χ0v) is 34.9. The largest absolute Gasteiger partial charge is 0.454 e. The average Bonchev–Trinajstić information content (AvgIpc) is 3.56. The molecule has 0 aromatic heterocycles. The molecule has 0 unspecified atom stereocenters. The maximum atomic E-state index is 15.5. The van der Waals surface area contributed by atoms with E-state index < -0.39 is 72.0 Å². The van der Waals surface area contributed by atoms with Gasteiger partial charge in [0.25, 0.3) is 0 Å². The quantitative estimate of drug-likeness (QED) is 0.109. The van der Waals surface area contributed by atoms with Gasteiger partial charge in [-0.25, -0.2) is 4.79 Å². The Morgan fingerprint density at radius 1 is 0.887 bits per heavy atom. The number of carbonyl (C=O) groups excluding carboxylic acids is 1. The van der Waals surface area contributed by atoms with Gasteiger partial charge in [-0.05, 0) is 54.5 Å². The monoisotopic (exact) mass is 774 g/mol. The van der Waals surface area contributed by atoms with Crippen LogP contribution in [-0.4, -0.2) is 77.5 Å². The molecule has 6 rings (SSSR count). The van der Waals surface area contributed by atoms with Crippen molar-refractivity contribution in [2.75, 3.05) is 13.7 Å². The first kappa shape index (κ1) is 39.4. The molecule has 9 nitrogen and oxygen atoms in total. The fraction of sp³-hybridized carbons (Fsp3) is 0.439. The maximum absolute atomic E-state index is 15.5. The van der Waals surface area contributed by atoms with Gasteiger partial charge in [0.05, 0.1) is 34.8 Å². The summed E-state index contributed by atoms with van der Waals surface area (Å²) in [4.78, 5) is 14.1. The zero-order valence-electron chi connectivity index (χ0n) is 32.0. The van der Waals surface area contributed by atoms with Gasteiger partial charge >= 0.3 is 13.3 Å². The van der Waals surface area contributed by atoms with E-state index in [1.54, 1.807) is 55.6 Å². The van der Waals surface area contributed by atoms with Crippen LogP contribution in [0.5, 0.6) is 0 Å². The molecule has 12 heteroatoms. The summed E-state index contributed by atoms with van der Waals surface area (Å²) in [5.41, 5.74) is 2.11. The molecule has 2 heterocycles. The van der Waals surface area contributed by atoms with Crippen molar-refractivity contribution in [3.63, 3.8) is 0 Å². The van der Waals surface area contributed by atoms with Crippen LogP contribution < -0.4 is 10.6 Å². The molecular weight excluding hydrogens is 724 g/mol. The van der Waals surface area contributed by atoms with Crippen LogP contribution in [0.25, 0.3) is 0 Å². The van der Waals surface area contributed by atoms with Gasteiger partial charge in [-0.3, -0.25) is 4.57 Å². The Bertz CT molecular complexity index is 1890. The van der Waals surface area contributed by atoms with Gasteiger partial charge in [0.1, 0.15) is 20.3 Å². The first-order chi connectivity index (χ1) is 24.9. The van der Waals surface area contributed by atoms with Gasteiger partial charge in [-0.1, -0.05) is 101 Å². The Morgan fingerprint density at radius 3 is 1.94 bits per heavy atom. The number of fused-ring (bicyclic) bond motifs is 4. The van der Waals surface area contributed by atoms with Crippen LogP contribution >= 0.6 is 7.37 Å². The molecule has 2 bridgehead atoms. The third-order valence-electron chi connectivity index (χ3n) is 10.5. The van der Waals surface area contributed by atoms with E-state index in [9.17, 15) is 9.90 Å². The third-order valence-corrected chi connectivity index (χ3v) is 18.3. The van der Waals surface area contributed by atoms with E-state index in [0.29, 0.717) is 21.7 Å². The molecule has 53 heavy (non-hydrogen) atoms. The van der Waals surface area contributed by atoms with E-state index >= 15 is 4.57 Å². The number of rotatable bonds is 9. The van der Waals surface area contributed by atoms with Crippen molar-refractivity contribution in [3.8, 4) is 11.5 Å². The Hall–Kier alpha value is -3.31. The van der Waals surface area contributed by atoms with Crippen LogP contribution in [0.4, 0.5) is 0 Å². The molecule has 1 aliphatic carbocycles. The summed E-state index contributed by atoms with van der Waals surface area (Å²) < 4.78 is 55.1. The van der Waals surface area contributed by atoms with Gasteiger partial charge in [-0.15, -0.1) is 5.54 Å². The van der Waals surface area contributed by atoms with Gasteiger partial charge in [-0.2, -0.15) is 0 Å². The molecule has 282 valence electrons. The summed E-state index contributed by atoms with van der Waals surface area (Å²) in [6.07, 6.45) is -5.18. The lowest BCUT2D eigenvalue weighted by atomic mass is 9.66. The highest BCUT2D eigenvalue weighted by Crippen LogP contribution is 2.56. The fourth-order valence-corrected chi connectivity index (χ4v) is 10.7. The second kappa shape index (κ2) is 14.7. The Kier molecular flexibility index (Phi) is 11.0. The molecule has 0 spiro atoms. The number of carbonyl (C=O) groups is 1. The summed E-state index contributed by atoms with van der Waals surface area (Å²) in [6, 6.07) is 26.7. The molecule has 1 saturated carbocycles. The SMILES string of the molecule is CO[C@H]1C2=C(OP(=O)(c3ccccc3)c3ccccc3)[C@@H]3OC[C@@H](O3)[C@H]2[C@@H](OC(=O)c2ccccc2)[C@](O)(C#C[Si](C)(C)C)[C@@H]1O[Si](C)(C)C(C)(C)C. The number of methoxy groups -OCH3 is 1. The minimum Gasteiger partial charge on any atom is -0.454 e. The van der Waals surface area contributed by atoms with Gasteiger partial charge < -0.3 is 33.0 Å². The predicted molar refractivity (Wildman–Crippen MR) is 211 cm³/mol. The lowest BCUT2D eigenvalue weighted by Gasteiger charge is -2.54. The van der Waals surface area contributed by atoms with E-state index in [-0.39, 0.29) is 17.4 Å². The zero-order chi connectivity index (χ0) is 38.4. The van der Waals surface area contributed by atoms with Crippen molar-refractivity contribution in [1.29, 1.82) is 0 Å². The van der Waals surface area contributed by atoms with E-state index in [4.69, 9.17) is 27.9 Å². The molecule has 2 aliphatic heterocycles. The maximum Gasteiger partial charge on any atom is 0.338 e. The van der Waals surface area contributed by atoms with Crippen LogP contribution in [0.3, 0.4) is 0 Å². The number of benzene rings is 3. The molecular formula is C41H51O9PSi2. The summed E-state index contributed by atoms with van der Waals surface area (Å²) in [6.45, 7) is 16.8. The molecule has 2 fully saturated rings. The van der Waals surface area contributed by atoms with Gasteiger partial charge in [0, 0.05) is 12.7 Å². The highest BCUT2D eigenvalue weighted by atomic mass is 31.2. The van der Waals surface area contributed by atoms with Gasteiger partial charge in [0.2, 0.25) is 6.29 Å². The first-order valence-electron chi connectivity index (χ1n) is 18.0. The summed E-state index contributed by atoms with van der Waals surface area (Å²) in [5, 5.41) is 14.0. The van der Waals surface area contributed by atoms with E-state index in [2.05, 4.69) is 65.0 Å². The van der Waals surface area contributed by atoms with E-state index in [0.717, 1.165) is 0 Å². The molecule has 0 amide bonds. The Morgan fingerprint density at radius 2 is 1.43 bits per heavy atom. The van der Waals surface area contributed by atoms with E-state index in [1.807, 2.05) is 42.5 Å². The molecule has 3 aromatic rings. The number of hydrogen-bond donors (Lipinski definition) is 1. The molecule has 7 atom stereocenters. The number of ether oxygens (including phenoxy) is 4. The van der Waals surface area contributed by atoms with Crippen molar-refractivity contribution in [2.45, 2.75) is 94.9 Å². The van der Waals surface area contributed by atoms with Gasteiger partial charge in [0.15, 0.2) is 25.8 Å². The molecule has 0 radical (unpaired) electrons. The number of aliphatic hydroxyl groups is 1. The first-order valence-corrected chi connectivity index (χ1v) is 26.1. The predicted octanol–water partition coefficient (Wildman–Crippen LogP) is 6.81. The Labute approximate surface area is 315 Å². The molecule has 3 aliphatic rings. The highest BCUT2D eigenvalue weighted by molar-refractivity contribution is 7.74. The topological polar surface area (TPSA) is 110 Å². The average molecular weight is 775 g/mol. The van der Waals surface area contributed by atoms with Crippen LogP contribution in [0.1, 0.15) is 31.1 Å². The smallest absolute Gasteiger partial charge is 0.338 e. The highest BCUT2D eigenvalue weighted by Gasteiger charge is 2.67. The fourth-order valence-electron chi connectivity index (χ4n) is 6.75. The summed E-state index contributed by atoms with van der Waals surface area (Å²) in [5.74, 6) is 1.86.